The van der Waals surface area contributed by atoms with Gasteiger partial charge in [0, 0.05) is 22.5 Å². The fraction of sp³-hybridized carbons (Fsp3) is 0. The summed E-state index contributed by atoms with van der Waals surface area (Å²) in [4.78, 5) is 37.4. The predicted molar refractivity (Wildman–Crippen MR) is 135 cm³/mol. The van der Waals surface area contributed by atoms with E-state index in [0.717, 1.165) is 6.07 Å². The van der Waals surface area contributed by atoms with Gasteiger partial charge in [-0.1, -0.05) is 30.3 Å². The zero-order valence-electron chi connectivity index (χ0n) is 19.3. The molecule has 1 aliphatic rings. The topological polar surface area (TPSA) is 180 Å². The summed E-state index contributed by atoms with van der Waals surface area (Å²) in [6.45, 7) is 0. The molecule has 0 amide bonds. The van der Waals surface area contributed by atoms with E-state index in [4.69, 9.17) is 28.9 Å². The zero-order valence-corrected chi connectivity index (χ0v) is 23.6. The van der Waals surface area contributed by atoms with Crippen LogP contribution in [0.5, 0.6) is 0 Å². The summed E-state index contributed by atoms with van der Waals surface area (Å²) >= 11 is 11.6. The van der Waals surface area contributed by atoms with E-state index >= 15 is 0 Å². The quantitative estimate of drug-likeness (QED) is 0.153. The Balaban J connectivity index is 0.00000336. The van der Waals surface area contributed by atoms with Gasteiger partial charge in [0.05, 0.1) is 27.4 Å². The fourth-order valence-corrected chi connectivity index (χ4v) is 4.94. The number of ketones is 2. The number of rotatable bonds is 5. The number of anilines is 5. The van der Waals surface area contributed by atoms with Crippen LogP contribution in [0.2, 0.25) is 10.6 Å². The molecule has 0 bridgehead atoms. The minimum Gasteiger partial charge on any atom is -0.744 e. The van der Waals surface area contributed by atoms with Gasteiger partial charge in [-0.2, -0.15) is 15.0 Å². The van der Waals surface area contributed by atoms with Crippen molar-refractivity contribution in [1.29, 1.82) is 0 Å². The van der Waals surface area contributed by atoms with Gasteiger partial charge >= 0.3 is 29.6 Å². The Kier molecular flexibility index (Phi) is 7.77. The summed E-state index contributed by atoms with van der Waals surface area (Å²) in [5.74, 6) is -1.17. The smallest absolute Gasteiger partial charge is 0.744 e. The minimum atomic E-state index is -5.10. The number of fused-ring (bicyclic) bond motifs is 2. The van der Waals surface area contributed by atoms with Crippen LogP contribution in [0.1, 0.15) is 31.8 Å². The Hall–Kier alpha value is -3.10. The van der Waals surface area contributed by atoms with Crippen molar-refractivity contribution < 1.29 is 52.1 Å². The maximum absolute atomic E-state index is 13.4. The SMILES string of the molecule is Nc1c(S(=O)(=O)[O-])cc(Nc2cccc(Nc3nc(Cl)nc(Cl)n3)c2)c2c1C(=O)c1ccccc1C2=O.[Na+]. The summed E-state index contributed by atoms with van der Waals surface area (Å²) in [6, 6.07) is 13.5. The first kappa shape index (κ1) is 27.9. The fourth-order valence-electron chi connectivity index (χ4n) is 3.94. The van der Waals surface area contributed by atoms with Crippen LogP contribution in [0.3, 0.4) is 0 Å². The van der Waals surface area contributed by atoms with Gasteiger partial charge in [-0.3, -0.25) is 9.59 Å². The van der Waals surface area contributed by atoms with Crippen molar-refractivity contribution in [2.24, 2.45) is 0 Å². The number of carbonyl (C=O) groups excluding carboxylic acids is 2. The van der Waals surface area contributed by atoms with E-state index in [1.807, 2.05) is 0 Å². The van der Waals surface area contributed by atoms with Crippen LogP contribution in [-0.4, -0.2) is 39.5 Å². The normalized spacial score (nSPS) is 12.3. The van der Waals surface area contributed by atoms with E-state index in [1.165, 1.54) is 12.1 Å². The number of nitrogens with zero attached hydrogens (tertiary/aromatic N) is 3. The molecule has 0 atom stereocenters. The largest absolute Gasteiger partial charge is 1.00 e. The maximum atomic E-state index is 13.4. The number of aromatic nitrogens is 3. The molecule has 0 unspecified atom stereocenters. The molecule has 0 saturated carbocycles. The first-order valence-corrected chi connectivity index (χ1v) is 12.5. The van der Waals surface area contributed by atoms with Gasteiger partial charge in [-0.15, -0.1) is 0 Å². The molecule has 0 fully saturated rings. The molecule has 186 valence electrons. The number of hydrogen-bond acceptors (Lipinski definition) is 11. The van der Waals surface area contributed by atoms with Gasteiger partial charge in [0.25, 0.3) is 0 Å². The van der Waals surface area contributed by atoms with Crippen LogP contribution in [-0.2, 0) is 10.1 Å². The monoisotopic (exact) mass is 578 g/mol. The molecular formula is C23H13Cl2N6NaO5S. The molecule has 1 heterocycles. The van der Waals surface area contributed by atoms with Gasteiger partial charge in [0.1, 0.15) is 10.1 Å². The molecule has 1 aliphatic carbocycles. The number of nitrogens with two attached hydrogens (primary N) is 1. The Morgan fingerprint density at radius 1 is 0.789 bits per heavy atom. The van der Waals surface area contributed by atoms with Crippen LogP contribution in [0.15, 0.2) is 59.5 Å². The van der Waals surface area contributed by atoms with Gasteiger partial charge in [-0.25, -0.2) is 8.42 Å². The van der Waals surface area contributed by atoms with Gasteiger partial charge < -0.3 is 20.9 Å². The molecular weight excluding hydrogens is 566 g/mol. The molecule has 3 aromatic carbocycles. The Labute approximate surface area is 247 Å². The molecule has 11 nitrogen and oxygen atoms in total. The average molecular weight is 579 g/mol. The first-order chi connectivity index (χ1) is 17.5. The second-order valence-corrected chi connectivity index (χ2v) is 9.80. The van der Waals surface area contributed by atoms with Crippen LogP contribution in [0.4, 0.5) is 28.7 Å². The third-order valence-electron chi connectivity index (χ3n) is 5.45. The molecule has 38 heavy (non-hydrogen) atoms. The molecule has 0 radical (unpaired) electrons. The average Bonchev–Trinajstić information content (AvgIpc) is 2.82. The summed E-state index contributed by atoms with van der Waals surface area (Å²) in [5, 5.41) is 5.57. The van der Waals surface area contributed by atoms with Crippen LogP contribution in [0.25, 0.3) is 0 Å². The van der Waals surface area contributed by atoms with Gasteiger partial charge in [0.15, 0.2) is 11.6 Å². The number of halogens is 2. The molecule has 4 N–H and O–H groups in total. The Bertz CT molecular complexity index is 1730. The van der Waals surface area contributed by atoms with Gasteiger partial charge in [-0.05, 0) is 47.5 Å². The zero-order chi connectivity index (χ0) is 26.5. The third kappa shape index (κ3) is 5.24. The number of carbonyl (C=O) groups is 2. The van der Waals surface area contributed by atoms with E-state index in [9.17, 15) is 22.6 Å². The second kappa shape index (κ2) is 10.6. The molecule has 5 rings (SSSR count). The number of benzene rings is 3. The first-order valence-electron chi connectivity index (χ1n) is 10.3. The Morgan fingerprint density at radius 2 is 1.34 bits per heavy atom. The van der Waals surface area contributed by atoms with Crippen molar-refractivity contribution >= 4 is 73.6 Å². The molecule has 4 aromatic rings. The van der Waals surface area contributed by atoms with Crippen molar-refractivity contribution in [3.05, 3.63) is 87.4 Å². The van der Waals surface area contributed by atoms with Crippen molar-refractivity contribution in [2.45, 2.75) is 4.90 Å². The van der Waals surface area contributed by atoms with E-state index in [1.54, 1.807) is 36.4 Å². The molecule has 1 aromatic heterocycles. The number of nitrogen functional groups attached to an aromatic ring is 1. The van der Waals surface area contributed by atoms with E-state index < -0.39 is 32.3 Å². The van der Waals surface area contributed by atoms with Crippen LogP contribution < -0.4 is 45.9 Å². The molecule has 0 saturated heterocycles. The van der Waals surface area contributed by atoms with Crippen molar-refractivity contribution in [3.8, 4) is 0 Å². The second-order valence-electron chi connectivity index (χ2n) is 7.77. The predicted octanol–water partition coefficient (Wildman–Crippen LogP) is 0.931. The van der Waals surface area contributed by atoms with E-state index in [-0.39, 0.29) is 74.0 Å². The molecule has 0 spiro atoms. The number of hydrogen-bond donors (Lipinski definition) is 3. The summed E-state index contributed by atoms with van der Waals surface area (Å²) < 4.78 is 35.9. The van der Waals surface area contributed by atoms with Crippen LogP contribution >= 0.6 is 23.2 Å². The molecule has 15 heteroatoms. The number of nitrogens with one attached hydrogen (secondary N) is 2. The summed E-state index contributed by atoms with van der Waals surface area (Å²) in [5.41, 5.74) is 5.78. The molecule has 0 aliphatic heterocycles. The third-order valence-corrected chi connectivity index (χ3v) is 6.66. The van der Waals surface area contributed by atoms with Gasteiger partial charge in [0.2, 0.25) is 16.5 Å². The van der Waals surface area contributed by atoms with E-state index in [2.05, 4.69) is 25.6 Å². The summed E-state index contributed by atoms with van der Waals surface area (Å²) in [7, 11) is -5.10. The Morgan fingerprint density at radius 3 is 1.92 bits per heavy atom. The van der Waals surface area contributed by atoms with E-state index in [0.29, 0.717) is 11.4 Å². The van der Waals surface area contributed by atoms with Crippen LogP contribution in [0, 0.1) is 0 Å². The van der Waals surface area contributed by atoms with Crippen molar-refractivity contribution in [2.75, 3.05) is 16.4 Å². The standard InChI is InChI=1S/C23H14Cl2N6O5S.Na/c24-21-29-22(25)31-23(30-21)28-11-5-3-4-10(8-11)27-14-9-15(37(34,35)36)18(26)17-16(14)19(32)12-6-1-2-7-13(12)20(17)33;/h1-9,27H,26H2,(H,34,35,36)(H,28,29,30,31);/q;+1/p-1. The minimum absolute atomic E-state index is 0. The van der Waals surface area contributed by atoms with Crippen molar-refractivity contribution in [3.63, 3.8) is 0 Å². The maximum Gasteiger partial charge on any atom is 1.00 e. The summed E-state index contributed by atoms with van der Waals surface area (Å²) in [6.07, 6.45) is 0. The van der Waals surface area contributed by atoms with Crippen molar-refractivity contribution in [1.82, 2.24) is 15.0 Å².